The molecule has 3 saturated heterocycles. The first-order chi connectivity index (χ1) is 6.93. The second kappa shape index (κ2) is 6.41. The van der Waals surface area contributed by atoms with Crippen molar-refractivity contribution in [3.63, 3.8) is 0 Å². The Hall–Kier alpha value is 0.460. The van der Waals surface area contributed by atoms with Crippen molar-refractivity contribution in [1.82, 2.24) is 10.2 Å². The highest BCUT2D eigenvalue weighted by Crippen LogP contribution is 2.32. The van der Waals surface area contributed by atoms with Crippen molar-refractivity contribution in [1.29, 1.82) is 0 Å². The smallest absolute Gasteiger partial charge is 0.0623 e. The molecule has 0 saturated carbocycles. The second-order valence-corrected chi connectivity index (χ2v) is 4.97. The molecule has 0 radical (unpaired) electrons. The topological polar surface area (TPSA) is 24.5 Å². The van der Waals surface area contributed by atoms with Crippen molar-refractivity contribution in [2.45, 2.75) is 31.3 Å². The lowest BCUT2D eigenvalue weighted by Crippen LogP contribution is -2.64. The summed E-state index contributed by atoms with van der Waals surface area (Å²) in [7, 11) is 0. The van der Waals surface area contributed by atoms with Gasteiger partial charge in [0.1, 0.15) is 0 Å². The van der Waals surface area contributed by atoms with Crippen molar-refractivity contribution >= 4 is 24.8 Å². The number of halogens is 2. The Morgan fingerprint density at radius 3 is 2.25 bits per heavy atom. The van der Waals surface area contributed by atoms with E-state index in [1.165, 1.54) is 38.9 Å². The van der Waals surface area contributed by atoms with Gasteiger partial charge in [-0.2, -0.15) is 0 Å². The Morgan fingerprint density at radius 2 is 1.69 bits per heavy atom. The van der Waals surface area contributed by atoms with Crippen molar-refractivity contribution in [2.75, 3.05) is 32.8 Å². The first-order valence-corrected chi connectivity index (χ1v) is 5.97. The fourth-order valence-corrected chi connectivity index (χ4v) is 3.07. The van der Waals surface area contributed by atoms with Crippen LogP contribution in [0.25, 0.3) is 0 Å². The maximum absolute atomic E-state index is 5.50. The third-order valence-electron chi connectivity index (χ3n) is 4.03. The molecule has 0 aromatic rings. The molecule has 2 bridgehead atoms. The molecule has 3 rings (SSSR count). The molecule has 96 valence electrons. The van der Waals surface area contributed by atoms with E-state index in [0.29, 0.717) is 0 Å². The number of nitrogens with zero attached hydrogens (tertiary/aromatic N) is 1. The molecule has 0 spiro atoms. The number of morpholine rings is 1. The maximum atomic E-state index is 5.50. The summed E-state index contributed by atoms with van der Waals surface area (Å²) in [6.45, 7) is 5.76. The molecule has 3 nitrogen and oxygen atoms in total. The van der Waals surface area contributed by atoms with E-state index < -0.39 is 0 Å². The Kier molecular flexibility index (Phi) is 5.82. The number of hydrogen-bond acceptors (Lipinski definition) is 3. The summed E-state index contributed by atoms with van der Waals surface area (Å²) >= 11 is 0. The van der Waals surface area contributed by atoms with Gasteiger partial charge in [0, 0.05) is 18.6 Å². The van der Waals surface area contributed by atoms with E-state index in [-0.39, 0.29) is 24.8 Å². The third kappa shape index (κ3) is 2.82. The first kappa shape index (κ1) is 14.5. The Balaban J connectivity index is 0.000000640. The van der Waals surface area contributed by atoms with E-state index in [4.69, 9.17) is 4.74 Å². The quantitative estimate of drug-likeness (QED) is 0.818. The Labute approximate surface area is 110 Å². The van der Waals surface area contributed by atoms with Crippen LogP contribution in [0, 0.1) is 5.92 Å². The van der Waals surface area contributed by atoms with Crippen LogP contribution in [-0.2, 0) is 4.74 Å². The molecule has 2 atom stereocenters. The van der Waals surface area contributed by atoms with Crippen LogP contribution in [0.4, 0.5) is 0 Å². The lowest BCUT2D eigenvalue weighted by Gasteiger charge is -2.53. The van der Waals surface area contributed by atoms with Crippen LogP contribution >= 0.6 is 24.8 Å². The van der Waals surface area contributed by atoms with Crippen LogP contribution in [0.15, 0.2) is 0 Å². The predicted octanol–water partition coefficient (Wildman–Crippen LogP) is 1.30. The molecule has 16 heavy (non-hydrogen) atoms. The van der Waals surface area contributed by atoms with Crippen molar-refractivity contribution < 1.29 is 4.74 Å². The molecule has 3 fully saturated rings. The molecule has 5 heteroatoms. The summed E-state index contributed by atoms with van der Waals surface area (Å²) < 4.78 is 5.50. The zero-order valence-corrected chi connectivity index (χ0v) is 11.2. The van der Waals surface area contributed by atoms with Gasteiger partial charge in [-0.1, -0.05) is 0 Å². The van der Waals surface area contributed by atoms with Crippen LogP contribution in [0.2, 0.25) is 0 Å². The Morgan fingerprint density at radius 1 is 1.06 bits per heavy atom. The molecule has 0 amide bonds. The number of nitrogens with one attached hydrogen (secondary N) is 1. The van der Waals surface area contributed by atoms with Gasteiger partial charge in [0.2, 0.25) is 0 Å². The SMILES string of the molecule is C1CC(CN2C3COCC2C3)CCN1.Cl.Cl. The molecule has 2 unspecified atom stereocenters. The van der Waals surface area contributed by atoms with Gasteiger partial charge in [0.05, 0.1) is 13.2 Å². The van der Waals surface area contributed by atoms with E-state index >= 15 is 0 Å². The van der Waals surface area contributed by atoms with Gasteiger partial charge in [-0.05, 0) is 38.3 Å². The first-order valence-electron chi connectivity index (χ1n) is 5.97. The van der Waals surface area contributed by atoms with Crippen LogP contribution in [0.1, 0.15) is 19.3 Å². The average Bonchev–Trinajstić information content (AvgIpc) is 2.28. The number of piperidine rings is 1. The molecule has 1 N–H and O–H groups in total. The van der Waals surface area contributed by atoms with Gasteiger partial charge in [0.25, 0.3) is 0 Å². The summed E-state index contributed by atoms with van der Waals surface area (Å²) in [6.07, 6.45) is 4.14. The number of hydrogen-bond donors (Lipinski definition) is 1. The molecule has 3 heterocycles. The Bertz CT molecular complexity index is 198. The van der Waals surface area contributed by atoms with Crippen molar-refractivity contribution in [3.05, 3.63) is 0 Å². The van der Waals surface area contributed by atoms with Crippen LogP contribution in [0.3, 0.4) is 0 Å². The highest BCUT2D eigenvalue weighted by Gasteiger charge is 2.42. The summed E-state index contributed by atoms with van der Waals surface area (Å²) in [4.78, 5) is 2.69. The summed E-state index contributed by atoms with van der Waals surface area (Å²) in [5, 5.41) is 3.43. The normalized spacial score (nSPS) is 34.5. The lowest BCUT2D eigenvalue weighted by molar-refractivity contribution is -0.133. The molecule has 3 aliphatic heterocycles. The molecule has 0 aromatic heterocycles. The summed E-state index contributed by atoms with van der Waals surface area (Å²) in [5.41, 5.74) is 0. The average molecular weight is 269 g/mol. The van der Waals surface area contributed by atoms with Gasteiger partial charge < -0.3 is 10.1 Å². The zero-order chi connectivity index (χ0) is 9.38. The summed E-state index contributed by atoms with van der Waals surface area (Å²) in [6, 6.07) is 1.53. The highest BCUT2D eigenvalue weighted by molar-refractivity contribution is 5.85. The molecule has 3 aliphatic rings. The zero-order valence-electron chi connectivity index (χ0n) is 9.56. The maximum Gasteiger partial charge on any atom is 0.0623 e. The highest BCUT2D eigenvalue weighted by atomic mass is 35.5. The van der Waals surface area contributed by atoms with E-state index in [1.54, 1.807) is 0 Å². The molecular weight excluding hydrogens is 247 g/mol. The molecule has 0 aromatic carbocycles. The van der Waals surface area contributed by atoms with Gasteiger partial charge in [0.15, 0.2) is 0 Å². The summed E-state index contributed by atoms with van der Waals surface area (Å²) in [5.74, 6) is 0.944. The minimum absolute atomic E-state index is 0. The van der Waals surface area contributed by atoms with E-state index in [0.717, 1.165) is 31.2 Å². The lowest BCUT2D eigenvalue weighted by atomic mass is 9.87. The van der Waals surface area contributed by atoms with E-state index in [9.17, 15) is 0 Å². The second-order valence-electron chi connectivity index (χ2n) is 4.97. The standard InChI is InChI=1S/C11H20N2O.2ClH/c1-3-12-4-2-9(1)6-13-10-5-11(13)8-14-7-10;;/h9-12H,1-8H2;2*1H. The van der Waals surface area contributed by atoms with Crippen LogP contribution < -0.4 is 5.32 Å². The fraction of sp³-hybridized carbons (Fsp3) is 1.00. The minimum atomic E-state index is 0. The largest absolute Gasteiger partial charge is 0.378 e. The number of fused-ring (bicyclic) bond motifs is 2. The van der Waals surface area contributed by atoms with Gasteiger partial charge in [-0.3, -0.25) is 4.90 Å². The van der Waals surface area contributed by atoms with E-state index in [2.05, 4.69) is 10.2 Å². The van der Waals surface area contributed by atoms with Gasteiger partial charge in [-0.25, -0.2) is 0 Å². The molecular formula is C11H22Cl2N2O. The predicted molar refractivity (Wildman–Crippen MR) is 69.8 cm³/mol. The van der Waals surface area contributed by atoms with E-state index in [1.807, 2.05) is 0 Å². The van der Waals surface area contributed by atoms with Crippen molar-refractivity contribution in [2.24, 2.45) is 5.92 Å². The third-order valence-corrected chi connectivity index (χ3v) is 4.03. The number of ether oxygens (including phenoxy) is 1. The molecule has 0 aliphatic carbocycles. The fourth-order valence-electron chi connectivity index (χ4n) is 3.07. The van der Waals surface area contributed by atoms with Gasteiger partial charge in [-0.15, -0.1) is 24.8 Å². The van der Waals surface area contributed by atoms with Crippen LogP contribution in [0.5, 0.6) is 0 Å². The van der Waals surface area contributed by atoms with Crippen molar-refractivity contribution in [3.8, 4) is 0 Å². The number of rotatable bonds is 2. The minimum Gasteiger partial charge on any atom is -0.378 e. The van der Waals surface area contributed by atoms with Crippen LogP contribution in [-0.4, -0.2) is 49.8 Å². The monoisotopic (exact) mass is 268 g/mol. The van der Waals surface area contributed by atoms with Gasteiger partial charge >= 0.3 is 0 Å².